The number of nitrogens with zero attached hydrogens (tertiary/aromatic N) is 7. The number of methoxy groups -OCH3 is 1. The number of aromatic nitrogens is 2. The molecule has 40 heavy (non-hydrogen) atoms. The molecule has 10 nitrogen and oxygen atoms in total. The predicted molar refractivity (Wildman–Crippen MR) is 157 cm³/mol. The second-order valence-electron chi connectivity index (χ2n) is 11.1. The molecule has 6 rings (SSSR count). The summed E-state index contributed by atoms with van der Waals surface area (Å²) in [5, 5.41) is 10.6. The Bertz CT molecular complexity index is 1350. The minimum absolute atomic E-state index is 0.0169. The Labute approximate surface area is 235 Å². The maximum Gasteiger partial charge on any atom is 0.128 e. The molecule has 0 bridgehead atoms. The molecule has 5 heterocycles. The Morgan fingerprint density at radius 2 is 1.85 bits per heavy atom. The second kappa shape index (κ2) is 11.6. The van der Waals surface area contributed by atoms with Crippen molar-refractivity contribution >= 4 is 28.1 Å². The van der Waals surface area contributed by atoms with Gasteiger partial charge in [0, 0.05) is 83.3 Å². The quantitative estimate of drug-likeness (QED) is 0.498. The molecule has 0 spiro atoms. The molecule has 3 aliphatic rings. The lowest BCUT2D eigenvalue weighted by molar-refractivity contribution is -0.0327. The first-order valence-electron chi connectivity index (χ1n) is 14.2. The lowest BCUT2D eigenvalue weighted by Crippen LogP contribution is -2.54. The van der Waals surface area contributed by atoms with Gasteiger partial charge in [-0.25, -0.2) is 4.98 Å². The molecule has 4 atom stereocenters. The maximum atomic E-state index is 9.53. The fourth-order valence-electron chi connectivity index (χ4n) is 6.33. The molecule has 3 fully saturated rings. The van der Waals surface area contributed by atoms with E-state index in [0.29, 0.717) is 5.56 Å². The minimum Gasteiger partial charge on any atom is -0.378 e. The number of nitriles is 1. The number of rotatable bonds is 6. The van der Waals surface area contributed by atoms with E-state index in [2.05, 4.69) is 61.8 Å². The number of piperazine rings is 1. The van der Waals surface area contributed by atoms with Gasteiger partial charge in [-0.3, -0.25) is 9.88 Å². The van der Waals surface area contributed by atoms with E-state index in [0.717, 1.165) is 87.0 Å². The van der Waals surface area contributed by atoms with Gasteiger partial charge in [0.25, 0.3) is 0 Å². The Hall–Kier alpha value is -3.49. The highest BCUT2D eigenvalue weighted by molar-refractivity contribution is 5.95. The van der Waals surface area contributed by atoms with Crippen LogP contribution in [0.1, 0.15) is 12.5 Å². The molecule has 2 aromatic heterocycles. The lowest BCUT2D eigenvalue weighted by atomic mass is 10.1. The number of morpholine rings is 1. The number of pyridine rings is 2. The van der Waals surface area contributed by atoms with E-state index in [-0.39, 0.29) is 24.4 Å². The van der Waals surface area contributed by atoms with Crippen molar-refractivity contribution in [2.24, 2.45) is 5.73 Å². The average Bonchev–Trinajstić information content (AvgIpc) is 3.37. The summed E-state index contributed by atoms with van der Waals surface area (Å²) in [7, 11) is 1.72. The summed E-state index contributed by atoms with van der Waals surface area (Å²) in [4.78, 5) is 18.8. The largest absolute Gasteiger partial charge is 0.378 e. The van der Waals surface area contributed by atoms with Crippen molar-refractivity contribution in [3.05, 3.63) is 54.4 Å². The smallest absolute Gasteiger partial charge is 0.128 e. The van der Waals surface area contributed by atoms with Crippen LogP contribution in [0.2, 0.25) is 0 Å². The number of hydrogen-bond donors (Lipinski definition) is 1. The molecule has 210 valence electrons. The summed E-state index contributed by atoms with van der Waals surface area (Å²) in [6, 6.07) is 14.5. The molecule has 0 radical (unpaired) electrons. The van der Waals surface area contributed by atoms with Gasteiger partial charge >= 0.3 is 0 Å². The molecule has 3 saturated heterocycles. The lowest BCUT2D eigenvalue weighted by Gasteiger charge is -2.42. The highest BCUT2D eigenvalue weighted by Crippen LogP contribution is 2.30. The van der Waals surface area contributed by atoms with Crippen LogP contribution in [0.4, 0.5) is 17.2 Å². The fraction of sp³-hybridized carbons (Fsp3) is 0.500. The molecular weight excluding hydrogens is 504 g/mol. The van der Waals surface area contributed by atoms with Crippen molar-refractivity contribution in [1.82, 2.24) is 14.9 Å². The Morgan fingerprint density at radius 1 is 1.00 bits per heavy atom. The summed E-state index contributed by atoms with van der Waals surface area (Å²) >= 11 is 0. The van der Waals surface area contributed by atoms with Crippen molar-refractivity contribution < 1.29 is 9.47 Å². The highest BCUT2D eigenvalue weighted by Gasteiger charge is 2.32. The van der Waals surface area contributed by atoms with Crippen molar-refractivity contribution in [1.29, 1.82) is 5.26 Å². The summed E-state index contributed by atoms with van der Waals surface area (Å²) < 4.78 is 11.9. The normalized spacial score (nSPS) is 25.9. The first-order chi connectivity index (χ1) is 19.5. The minimum atomic E-state index is 0.0169. The van der Waals surface area contributed by atoms with Crippen molar-refractivity contribution in [3.8, 4) is 6.07 Å². The zero-order valence-electron chi connectivity index (χ0n) is 23.3. The van der Waals surface area contributed by atoms with E-state index < -0.39 is 0 Å². The number of nitrogens with two attached hydrogens (primary N) is 1. The van der Waals surface area contributed by atoms with E-state index >= 15 is 0 Å². The van der Waals surface area contributed by atoms with Crippen molar-refractivity contribution in [2.45, 2.75) is 31.3 Å². The van der Waals surface area contributed by atoms with Crippen LogP contribution in [0.5, 0.6) is 0 Å². The maximum absolute atomic E-state index is 9.53. The molecule has 0 aliphatic carbocycles. The number of fused-ring (bicyclic) bond motifs is 1. The molecule has 4 unspecified atom stereocenters. The molecule has 1 aromatic carbocycles. The molecule has 3 aromatic rings. The van der Waals surface area contributed by atoms with E-state index in [1.165, 1.54) is 0 Å². The molecule has 0 saturated carbocycles. The van der Waals surface area contributed by atoms with Gasteiger partial charge in [-0.15, -0.1) is 0 Å². The zero-order chi connectivity index (χ0) is 27.6. The van der Waals surface area contributed by atoms with Crippen LogP contribution < -0.4 is 20.4 Å². The molecule has 10 heteroatoms. The van der Waals surface area contributed by atoms with Gasteiger partial charge in [0.2, 0.25) is 0 Å². The first kappa shape index (κ1) is 26.7. The fourth-order valence-corrected chi connectivity index (χ4v) is 6.33. The van der Waals surface area contributed by atoms with E-state index in [1.54, 1.807) is 13.3 Å². The molecule has 2 N–H and O–H groups in total. The zero-order valence-corrected chi connectivity index (χ0v) is 23.3. The van der Waals surface area contributed by atoms with E-state index in [1.807, 2.05) is 18.3 Å². The third-order valence-electron chi connectivity index (χ3n) is 8.40. The van der Waals surface area contributed by atoms with Gasteiger partial charge in [0.15, 0.2) is 0 Å². The number of anilines is 3. The van der Waals surface area contributed by atoms with Crippen LogP contribution in [0.15, 0.2) is 48.8 Å². The summed E-state index contributed by atoms with van der Waals surface area (Å²) in [6.45, 7) is 10.1. The summed E-state index contributed by atoms with van der Waals surface area (Å²) in [5.74, 6) is 0.955. The number of ether oxygens (including phenoxy) is 2. The van der Waals surface area contributed by atoms with Crippen LogP contribution in [0, 0.1) is 11.3 Å². The Morgan fingerprint density at radius 3 is 2.58 bits per heavy atom. The summed E-state index contributed by atoms with van der Waals surface area (Å²) in [5.41, 5.74) is 9.84. The first-order valence-corrected chi connectivity index (χ1v) is 14.2. The van der Waals surface area contributed by atoms with Gasteiger partial charge in [-0.05, 0) is 43.3 Å². The third-order valence-corrected chi connectivity index (χ3v) is 8.40. The van der Waals surface area contributed by atoms with Crippen LogP contribution in [0.3, 0.4) is 0 Å². The SMILES string of the molecule is COC1CN(c2ccc(N3CCN(CC4CN(c5ccc(C#N)c6ncccc56)CC(C)O4)CC3)cn2)CC1N. The van der Waals surface area contributed by atoms with Gasteiger partial charge < -0.3 is 29.9 Å². The topological polar surface area (TPSA) is 107 Å². The van der Waals surface area contributed by atoms with Crippen LogP contribution in [-0.4, -0.2) is 105 Å². The van der Waals surface area contributed by atoms with Crippen LogP contribution in [-0.2, 0) is 9.47 Å². The van der Waals surface area contributed by atoms with Gasteiger partial charge in [-0.1, -0.05) is 0 Å². The monoisotopic (exact) mass is 542 g/mol. The van der Waals surface area contributed by atoms with Gasteiger partial charge in [0.05, 0.1) is 47.3 Å². The Balaban J connectivity index is 1.05. The second-order valence-corrected chi connectivity index (χ2v) is 11.1. The average molecular weight is 543 g/mol. The third kappa shape index (κ3) is 5.43. The van der Waals surface area contributed by atoms with Crippen molar-refractivity contribution in [3.63, 3.8) is 0 Å². The summed E-state index contributed by atoms with van der Waals surface area (Å²) in [6.07, 6.45) is 4.02. The van der Waals surface area contributed by atoms with Crippen LogP contribution >= 0.6 is 0 Å². The predicted octanol–water partition coefficient (Wildman–Crippen LogP) is 2.08. The highest BCUT2D eigenvalue weighted by atomic mass is 16.5. The van der Waals surface area contributed by atoms with Crippen molar-refractivity contribution in [2.75, 3.05) is 80.7 Å². The molecule has 3 aliphatic heterocycles. The standard InChI is InChI=1S/C30H38N8O2/c1-21-16-37(27-7-5-22(14-31)30-25(27)4-3-9-33-30)18-24(40-21)17-35-10-12-36(13-11-35)23-6-8-29(34-15-23)38-19-26(32)28(20-38)39-2/h3-9,15,21,24,26,28H,10-13,16-20,32H2,1-2H3. The van der Waals surface area contributed by atoms with E-state index in [9.17, 15) is 5.26 Å². The number of hydrogen-bond acceptors (Lipinski definition) is 10. The molecule has 0 amide bonds. The molecular formula is C30H38N8O2. The van der Waals surface area contributed by atoms with Gasteiger partial charge in [0.1, 0.15) is 11.9 Å². The van der Waals surface area contributed by atoms with E-state index in [4.69, 9.17) is 20.2 Å². The Kier molecular flexibility index (Phi) is 7.71. The van der Waals surface area contributed by atoms with Crippen LogP contribution in [0.25, 0.3) is 10.9 Å². The number of benzene rings is 1. The van der Waals surface area contributed by atoms with Gasteiger partial charge in [-0.2, -0.15) is 5.26 Å².